The smallest absolute Gasteiger partial charge is 0.333 e. The first-order valence-electron chi connectivity index (χ1n) is 12.8. The van der Waals surface area contributed by atoms with E-state index in [1.807, 2.05) is 20.8 Å². The zero-order chi connectivity index (χ0) is 24.5. The zero-order valence-corrected chi connectivity index (χ0v) is 21.1. The summed E-state index contributed by atoms with van der Waals surface area (Å²) in [5.74, 6) is -0.423. The predicted octanol–water partition coefficient (Wildman–Crippen LogP) is 6.31. The molecule has 3 N–H and O–H groups in total. The molecule has 7 heteroatoms. The lowest BCUT2D eigenvalue weighted by molar-refractivity contribution is -0.155. The lowest BCUT2D eigenvalue weighted by Crippen LogP contribution is -2.23. The van der Waals surface area contributed by atoms with Crippen LogP contribution in [0.3, 0.4) is 0 Å². The summed E-state index contributed by atoms with van der Waals surface area (Å²) in [7, 11) is 0. The number of nitrogens with zero attached hydrogens (tertiary/aromatic N) is 1. The number of hydrogen-bond acceptors (Lipinski definition) is 6. The van der Waals surface area contributed by atoms with Crippen molar-refractivity contribution in [2.45, 2.75) is 129 Å². The molecule has 1 aromatic heterocycles. The van der Waals surface area contributed by atoms with Gasteiger partial charge >= 0.3 is 11.9 Å². The molecule has 1 rings (SSSR count). The highest BCUT2D eigenvalue weighted by Crippen LogP contribution is 2.17. The number of rotatable bonds is 18. The van der Waals surface area contributed by atoms with Crippen LogP contribution >= 0.6 is 0 Å². The Morgan fingerprint density at radius 2 is 1.15 bits per heavy atom. The van der Waals surface area contributed by atoms with Crippen LogP contribution in [-0.4, -0.2) is 27.4 Å². The Kier molecular flexibility index (Phi) is 14.4. The second-order valence-electron chi connectivity index (χ2n) is 9.91. The van der Waals surface area contributed by atoms with Crippen molar-refractivity contribution in [1.29, 1.82) is 0 Å². The monoisotopic (exact) mass is 466 g/mol. The summed E-state index contributed by atoms with van der Waals surface area (Å²) >= 11 is 0. The van der Waals surface area contributed by atoms with E-state index in [9.17, 15) is 14.7 Å². The minimum Gasteiger partial charge on any atom is -0.492 e. The highest BCUT2D eigenvalue weighted by Gasteiger charge is 2.15. The molecular formula is C26H46N2O5. The highest BCUT2D eigenvalue weighted by molar-refractivity contribution is 5.70. The topological polar surface area (TPSA) is 104 Å². The van der Waals surface area contributed by atoms with E-state index in [-0.39, 0.29) is 29.2 Å². The maximum absolute atomic E-state index is 11.8. The van der Waals surface area contributed by atoms with Crippen LogP contribution in [0.5, 0.6) is 5.88 Å². The zero-order valence-electron chi connectivity index (χ0n) is 21.1. The van der Waals surface area contributed by atoms with Gasteiger partial charge in [0.25, 0.3) is 0 Å². The lowest BCUT2D eigenvalue weighted by atomic mass is 10.0. The maximum Gasteiger partial charge on any atom is 0.333 e. The molecule has 0 saturated heterocycles. The molecule has 0 bridgehead atoms. The van der Waals surface area contributed by atoms with Crippen LogP contribution in [0.15, 0.2) is 12.1 Å². The maximum atomic E-state index is 11.8. The van der Waals surface area contributed by atoms with Gasteiger partial charge in [-0.05, 0) is 39.7 Å². The van der Waals surface area contributed by atoms with Crippen LogP contribution in [0, 0.1) is 0 Å². The first kappa shape index (κ1) is 28.9. The van der Waals surface area contributed by atoms with E-state index in [0.29, 0.717) is 12.8 Å². The second-order valence-corrected chi connectivity index (χ2v) is 9.91. The number of aromatic hydroxyl groups is 1. The average Bonchev–Trinajstić information content (AvgIpc) is 3.04. The number of esters is 1. The number of carbonyl (C=O) groups is 2. The van der Waals surface area contributed by atoms with Gasteiger partial charge in [0.15, 0.2) is 0 Å². The predicted molar refractivity (Wildman–Crippen MR) is 132 cm³/mol. The fraction of sp³-hybridized carbons (Fsp3) is 0.769. The standard InChI is InChI=1S/C26H46N2O5/c1-26(2,3)32-24(30)18-16-14-12-10-8-6-4-5-7-9-11-13-15-17-19-25(31)33-28-22(27)20-21-23(28)29/h20-21,29H,4-19,27H2,1-3H3. The van der Waals surface area contributed by atoms with Crippen LogP contribution in [0.4, 0.5) is 5.82 Å². The summed E-state index contributed by atoms with van der Waals surface area (Å²) in [5, 5.41) is 9.52. The van der Waals surface area contributed by atoms with Crippen LogP contribution in [-0.2, 0) is 14.3 Å². The van der Waals surface area contributed by atoms with Gasteiger partial charge in [0, 0.05) is 18.9 Å². The number of nitrogens with two attached hydrogens (primary N) is 1. The minimum absolute atomic E-state index is 0.0791. The Balaban J connectivity index is 1.81. The van der Waals surface area contributed by atoms with Gasteiger partial charge in [0.2, 0.25) is 5.88 Å². The molecular weight excluding hydrogens is 420 g/mol. The third kappa shape index (κ3) is 15.3. The molecule has 0 amide bonds. The molecule has 0 aliphatic heterocycles. The minimum atomic E-state index is -0.378. The Labute approximate surface area is 200 Å². The van der Waals surface area contributed by atoms with Crippen molar-refractivity contribution in [3.8, 4) is 5.88 Å². The SMILES string of the molecule is CC(C)(C)OC(=O)CCCCCCCCCCCCCCCCC(=O)On1c(N)ccc1O. The van der Waals surface area contributed by atoms with Gasteiger partial charge in [-0.15, -0.1) is 4.73 Å². The quantitative estimate of drug-likeness (QED) is 0.194. The summed E-state index contributed by atoms with van der Waals surface area (Å²) in [5.41, 5.74) is 5.23. The van der Waals surface area contributed by atoms with Crippen molar-refractivity contribution < 1.29 is 24.3 Å². The third-order valence-corrected chi connectivity index (χ3v) is 5.47. The van der Waals surface area contributed by atoms with Gasteiger partial charge in [-0.3, -0.25) is 4.79 Å². The summed E-state index contributed by atoms with van der Waals surface area (Å²) in [4.78, 5) is 28.5. The van der Waals surface area contributed by atoms with Crippen molar-refractivity contribution in [3.05, 3.63) is 12.1 Å². The molecule has 190 valence electrons. The van der Waals surface area contributed by atoms with Crippen LogP contribution in [0.1, 0.15) is 124 Å². The molecule has 0 spiro atoms. The summed E-state index contributed by atoms with van der Waals surface area (Å²) in [6.45, 7) is 5.72. The molecule has 1 heterocycles. The molecule has 0 aromatic carbocycles. The fourth-order valence-electron chi connectivity index (χ4n) is 3.73. The number of nitrogen functional groups attached to an aromatic ring is 1. The van der Waals surface area contributed by atoms with E-state index in [1.54, 1.807) is 0 Å². The van der Waals surface area contributed by atoms with Gasteiger partial charge in [0.1, 0.15) is 11.4 Å². The number of carbonyl (C=O) groups excluding carboxylic acids is 2. The van der Waals surface area contributed by atoms with Gasteiger partial charge in [-0.2, -0.15) is 0 Å². The summed E-state index contributed by atoms with van der Waals surface area (Å²) in [6, 6.07) is 2.87. The first-order valence-corrected chi connectivity index (χ1v) is 12.8. The second kappa shape index (κ2) is 16.4. The number of aromatic nitrogens is 1. The van der Waals surface area contributed by atoms with E-state index < -0.39 is 0 Å². The van der Waals surface area contributed by atoms with Crippen molar-refractivity contribution in [3.63, 3.8) is 0 Å². The normalized spacial score (nSPS) is 11.5. The van der Waals surface area contributed by atoms with Crippen LogP contribution in [0.2, 0.25) is 0 Å². The summed E-state index contributed by atoms with van der Waals surface area (Å²) in [6.07, 6.45) is 17.2. The molecule has 0 fully saturated rings. The molecule has 0 atom stereocenters. The Morgan fingerprint density at radius 3 is 1.52 bits per heavy atom. The van der Waals surface area contributed by atoms with Crippen molar-refractivity contribution in [2.24, 2.45) is 0 Å². The van der Waals surface area contributed by atoms with Gasteiger partial charge in [-0.25, -0.2) is 4.79 Å². The molecule has 33 heavy (non-hydrogen) atoms. The van der Waals surface area contributed by atoms with Crippen LogP contribution in [0.25, 0.3) is 0 Å². The summed E-state index contributed by atoms with van der Waals surface area (Å²) < 4.78 is 6.27. The highest BCUT2D eigenvalue weighted by atomic mass is 16.7. The number of ether oxygens (including phenoxy) is 1. The van der Waals surface area contributed by atoms with E-state index in [1.165, 1.54) is 69.9 Å². The van der Waals surface area contributed by atoms with Gasteiger partial charge < -0.3 is 20.4 Å². The Bertz CT molecular complexity index is 659. The first-order chi connectivity index (χ1) is 15.7. The Hall–Kier alpha value is -2.18. The van der Waals surface area contributed by atoms with Gasteiger partial charge in [0.05, 0.1) is 0 Å². The van der Waals surface area contributed by atoms with Gasteiger partial charge in [-0.1, -0.05) is 77.0 Å². The van der Waals surface area contributed by atoms with Crippen molar-refractivity contribution >= 4 is 17.8 Å². The molecule has 0 radical (unpaired) electrons. The molecule has 0 unspecified atom stereocenters. The van der Waals surface area contributed by atoms with E-state index in [2.05, 4.69) is 0 Å². The van der Waals surface area contributed by atoms with Crippen molar-refractivity contribution in [2.75, 3.05) is 5.73 Å². The van der Waals surface area contributed by atoms with Crippen LogP contribution < -0.4 is 10.6 Å². The number of hydrogen-bond donors (Lipinski definition) is 2. The van der Waals surface area contributed by atoms with E-state index in [0.717, 1.165) is 36.8 Å². The van der Waals surface area contributed by atoms with Crippen molar-refractivity contribution in [1.82, 2.24) is 4.73 Å². The molecule has 0 aliphatic carbocycles. The number of unbranched alkanes of at least 4 members (excludes halogenated alkanes) is 13. The Morgan fingerprint density at radius 1 is 0.758 bits per heavy atom. The number of anilines is 1. The van der Waals surface area contributed by atoms with E-state index in [4.69, 9.17) is 15.3 Å². The largest absolute Gasteiger partial charge is 0.492 e. The lowest BCUT2D eigenvalue weighted by Gasteiger charge is -2.19. The molecule has 1 aromatic rings. The molecule has 0 aliphatic rings. The molecule has 0 saturated carbocycles. The third-order valence-electron chi connectivity index (χ3n) is 5.47. The molecule has 7 nitrogen and oxygen atoms in total. The van der Waals surface area contributed by atoms with E-state index >= 15 is 0 Å². The fourth-order valence-corrected chi connectivity index (χ4v) is 3.73. The average molecular weight is 467 g/mol.